The minimum atomic E-state index is -4.05. The van der Waals surface area contributed by atoms with Gasteiger partial charge < -0.3 is 4.90 Å². The summed E-state index contributed by atoms with van der Waals surface area (Å²) >= 11 is 0. The highest BCUT2D eigenvalue weighted by molar-refractivity contribution is 7.92. The van der Waals surface area contributed by atoms with Crippen molar-refractivity contribution in [1.82, 2.24) is 9.88 Å². The van der Waals surface area contributed by atoms with Gasteiger partial charge in [-0.1, -0.05) is 30.3 Å². The molecular formula is C18H18FN3O2S. The van der Waals surface area contributed by atoms with Crippen molar-refractivity contribution in [3.63, 3.8) is 0 Å². The Hall–Kier alpha value is -2.51. The summed E-state index contributed by atoms with van der Waals surface area (Å²) in [7, 11) is -0.188. The smallest absolute Gasteiger partial charge is 0.264 e. The normalized spacial score (nSPS) is 11.8. The summed E-state index contributed by atoms with van der Waals surface area (Å²) in [6.07, 6.45) is 0. The largest absolute Gasteiger partial charge is 0.304 e. The van der Waals surface area contributed by atoms with Gasteiger partial charge in [0, 0.05) is 11.9 Å². The van der Waals surface area contributed by atoms with Crippen LogP contribution in [-0.4, -0.2) is 32.4 Å². The number of nitrogens with one attached hydrogen (secondary N) is 1. The van der Waals surface area contributed by atoms with Crippen LogP contribution >= 0.6 is 0 Å². The zero-order chi connectivity index (χ0) is 18.0. The number of rotatable bonds is 5. The third kappa shape index (κ3) is 3.78. The zero-order valence-corrected chi connectivity index (χ0v) is 14.7. The summed E-state index contributed by atoms with van der Waals surface area (Å²) in [6.45, 7) is 0.629. The molecule has 0 saturated heterocycles. The molecule has 0 radical (unpaired) electrons. The number of anilines is 1. The van der Waals surface area contributed by atoms with Crippen LogP contribution in [0.15, 0.2) is 59.5 Å². The average Bonchev–Trinajstić information content (AvgIpc) is 2.55. The Morgan fingerprint density at radius 3 is 2.52 bits per heavy atom. The standard InChI is InChI=1S/C18H18FN3O2S/c1-22(2)12-14-11-10-13-6-5-8-16(18(13)20-14)21-25(23,24)17-9-4-3-7-15(17)19/h3-11,21H,12H2,1-2H3. The van der Waals surface area contributed by atoms with Crippen molar-refractivity contribution >= 4 is 26.6 Å². The second kappa shape index (κ2) is 6.78. The fourth-order valence-electron chi connectivity index (χ4n) is 2.54. The molecule has 5 nitrogen and oxygen atoms in total. The summed E-state index contributed by atoms with van der Waals surface area (Å²) in [5.41, 5.74) is 1.66. The Kier molecular flexibility index (Phi) is 4.69. The van der Waals surface area contributed by atoms with Gasteiger partial charge in [0.25, 0.3) is 10.0 Å². The van der Waals surface area contributed by atoms with Gasteiger partial charge in [-0.05, 0) is 38.4 Å². The first-order chi connectivity index (χ1) is 11.9. The molecule has 7 heteroatoms. The van der Waals surface area contributed by atoms with Gasteiger partial charge in [0.1, 0.15) is 10.7 Å². The van der Waals surface area contributed by atoms with E-state index < -0.39 is 20.7 Å². The summed E-state index contributed by atoms with van der Waals surface area (Å²) in [4.78, 5) is 6.13. The number of sulfonamides is 1. The quantitative estimate of drug-likeness (QED) is 0.760. The van der Waals surface area contributed by atoms with E-state index in [-0.39, 0.29) is 0 Å². The molecule has 3 aromatic rings. The van der Waals surface area contributed by atoms with E-state index in [1.807, 2.05) is 37.2 Å². The lowest BCUT2D eigenvalue weighted by Gasteiger charge is -2.13. The first kappa shape index (κ1) is 17.3. The van der Waals surface area contributed by atoms with Gasteiger partial charge >= 0.3 is 0 Å². The van der Waals surface area contributed by atoms with E-state index in [9.17, 15) is 12.8 Å². The molecule has 0 unspecified atom stereocenters. The Morgan fingerprint density at radius 1 is 1.04 bits per heavy atom. The van der Waals surface area contributed by atoms with E-state index in [4.69, 9.17) is 0 Å². The minimum absolute atomic E-state index is 0.321. The molecule has 0 bridgehead atoms. The van der Waals surface area contributed by atoms with E-state index in [0.29, 0.717) is 17.7 Å². The lowest BCUT2D eigenvalue weighted by molar-refractivity contribution is 0.397. The number of aromatic nitrogens is 1. The van der Waals surface area contributed by atoms with Gasteiger partial charge in [0.15, 0.2) is 0 Å². The van der Waals surface area contributed by atoms with Crippen LogP contribution in [0.4, 0.5) is 10.1 Å². The molecule has 1 N–H and O–H groups in total. The number of pyridine rings is 1. The van der Waals surface area contributed by atoms with Crippen LogP contribution in [0.1, 0.15) is 5.69 Å². The number of hydrogen-bond donors (Lipinski definition) is 1. The van der Waals surface area contributed by atoms with Crippen molar-refractivity contribution in [3.05, 3.63) is 66.1 Å². The second-order valence-corrected chi connectivity index (χ2v) is 7.60. The molecule has 0 aliphatic heterocycles. The molecule has 2 aromatic carbocycles. The van der Waals surface area contributed by atoms with E-state index in [2.05, 4.69) is 9.71 Å². The summed E-state index contributed by atoms with van der Waals surface area (Å²) in [6, 6.07) is 14.3. The van der Waals surface area contributed by atoms with Crippen LogP contribution in [0.5, 0.6) is 0 Å². The molecule has 130 valence electrons. The average molecular weight is 359 g/mol. The maximum atomic E-state index is 13.9. The summed E-state index contributed by atoms with van der Waals surface area (Å²) in [5.74, 6) is -0.795. The lowest BCUT2D eigenvalue weighted by Crippen LogP contribution is -2.15. The molecule has 3 rings (SSSR count). The maximum absolute atomic E-state index is 13.9. The lowest BCUT2D eigenvalue weighted by atomic mass is 10.2. The molecule has 1 heterocycles. The van der Waals surface area contributed by atoms with Crippen molar-refractivity contribution in [2.75, 3.05) is 18.8 Å². The highest BCUT2D eigenvalue weighted by atomic mass is 32.2. The van der Waals surface area contributed by atoms with Crippen LogP contribution < -0.4 is 4.72 Å². The second-order valence-electron chi connectivity index (χ2n) is 5.95. The number of fused-ring (bicyclic) bond motifs is 1. The van der Waals surface area contributed by atoms with Gasteiger partial charge in [-0.25, -0.2) is 17.8 Å². The Labute approximate surface area is 146 Å². The van der Waals surface area contributed by atoms with Crippen LogP contribution in [0, 0.1) is 5.82 Å². The Bertz CT molecular complexity index is 1020. The van der Waals surface area contributed by atoms with Crippen molar-refractivity contribution in [2.45, 2.75) is 11.4 Å². The number of nitrogens with zero attached hydrogens (tertiary/aromatic N) is 2. The molecule has 0 atom stereocenters. The molecule has 0 amide bonds. The molecule has 0 spiro atoms. The predicted octanol–water partition coefficient (Wildman–Crippen LogP) is 3.24. The predicted molar refractivity (Wildman–Crippen MR) is 96.3 cm³/mol. The highest BCUT2D eigenvalue weighted by Crippen LogP contribution is 2.25. The third-order valence-electron chi connectivity index (χ3n) is 3.63. The molecule has 0 aliphatic rings. The summed E-state index contributed by atoms with van der Waals surface area (Å²) < 4.78 is 41.4. The number of para-hydroxylation sites is 1. The van der Waals surface area contributed by atoms with E-state index in [1.54, 1.807) is 12.1 Å². The van der Waals surface area contributed by atoms with Crippen LogP contribution in [-0.2, 0) is 16.6 Å². The first-order valence-corrected chi connectivity index (χ1v) is 9.16. The molecule has 0 fully saturated rings. The fourth-order valence-corrected chi connectivity index (χ4v) is 3.69. The number of halogens is 1. The zero-order valence-electron chi connectivity index (χ0n) is 13.9. The third-order valence-corrected chi connectivity index (χ3v) is 5.03. The van der Waals surface area contributed by atoms with Crippen LogP contribution in [0.25, 0.3) is 10.9 Å². The van der Waals surface area contributed by atoms with Crippen LogP contribution in [0.2, 0.25) is 0 Å². The number of benzene rings is 2. The molecule has 0 saturated carbocycles. The van der Waals surface area contributed by atoms with Crippen LogP contribution in [0.3, 0.4) is 0 Å². The van der Waals surface area contributed by atoms with Gasteiger partial charge in [-0.3, -0.25) is 4.72 Å². The minimum Gasteiger partial charge on any atom is -0.304 e. The van der Waals surface area contributed by atoms with E-state index in [1.165, 1.54) is 18.2 Å². The monoisotopic (exact) mass is 359 g/mol. The van der Waals surface area contributed by atoms with Gasteiger partial charge in [0.2, 0.25) is 0 Å². The fraction of sp³-hybridized carbons (Fsp3) is 0.167. The topological polar surface area (TPSA) is 62.3 Å². The van der Waals surface area contributed by atoms with E-state index in [0.717, 1.165) is 17.1 Å². The Balaban J connectivity index is 2.05. The van der Waals surface area contributed by atoms with Crippen molar-refractivity contribution in [3.8, 4) is 0 Å². The van der Waals surface area contributed by atoms with Gasteiger partial charge in [-0.2, -0.15) is 0 Å². The van der Waals surface area contributed by atoms with Gasteiger partial charge in [0.05, 0.1) is 16.9 Å². The van der Waals surface area contributed by atoms with E-state index >= 15 is 0 Å². The van der Waals surface area contributed by atoms with Crippen molar-refractivity contribution in [2.24, 2.45) is 0 Å². The maximum Gasteiger partial charge on any atom is 0.264 e. The van der Waals surface area contributed by atoms with Crippen molar-refractivity contribution < 1.29 is 12.8 Å². The highest BCUT2D eigenvalue weighted by Gasteiger charge is 2.19. The Morgan fingerprint density at radius 2 is 1.80 bits per heavy atom. The SMILES string of the molecule is CN(C)Cc1ccc2cccc(NS(=O)(=O)c3ccccc3F)c2n1. The van der Waals surface area contributed by atoms with Gasteiger partial charge in [-0.15, -0.1) is 0 Å². The van der Waals surface area contributed by atoms with Crippen molar-refractivity contribution in [1.29, 1.82) is 0 Å². The molecule has 25 heavy (non-hydrogen) atoms. The molecule has 0 aliphatic carbocycles. The number of hydrogen-bond acceptors (Lipinski definition) is 4. The molecular weight excluding hydrogens is 341 g/mol. The molecule has 1 aromatic heterocycles. The first-order valence-electron chi connectivity index (χ1n) is 7.67. The summed E-state index contributed by atoms with van der Waals surface area (Å²) in [5, 5.41) is 0.802.